The van der Waals surface area contributed by atoms with Crippen molar-refractivity contribution in [1.82, 2.24) is 9.55 Å². The number of anilines is 1. The molecule has 0 amide bonds. The van der Waals surface area contributed by atoms with Gasteiger partial charge in [0.15, 0.2) is 0 Å². The number of unbranched alkanes of at least 4 members (excludes halogenated alkanes) is 1. The van der Waals surface area contributed by atoms with Gasteiger partial charge in [0.2, 0.25) is 0 Å². The Morgan fingerprint density at radius 2 is 1.86 bits per heavy atom. The number of nitrogens with zero attached hydrogens (tertiary/aromatic N) is 2. The van der Waals surface area contributed by atoms with Crippen LogP contribution in [0.4, 0.5) is 5.82 Å². The van der Waals surface area contributed by atoms with Gasteiger partial charge in [0.25, 0.3) is 0 Å². The molecule has 114 valence electrons. The van der Waals surface area contributed by atoms with E-state index in [1.165, 1.54) is 17.5 Å². The normalized spacial score (nSPS) is 11.0. The van der Waals surface area contributed by atoms with Gasteiger partial charge in [-0.3, -0.25) is 0 Å². The number of aromatic nitrogens is 2. The summed E-state index contributed by atoms with van der Waals surface area (Å²) in [5, 5.41) is 0. The van der Waals surface area contributed by atoms with Crippen molar-refractivity contribution in [2.45, 2.75) is 59.4 Å². The van der Waals surface area contributed by atoms with Crippen molar-refractivity contribution in [2.75, 3.05) is 5.73 Å². The molecular formula is C18H27N3. The van der Waals surface area contributed by atoms with E-state index < -0.39 is 0 Å². The first-order valence-electron chi connectivity index (χ1n) is 8.16. The molecule has 0 saturated carbocycles. The summed E-state index contributed by atoms with van der Waals surface area (Å²) in [6.07, 6.45) is 5.40. The Bertz CT molecular complexity index is 584. The summed E-state index contributed by atoms with van der Waals surface area (Å²) in [7, 11) is 0. The maximum absolute atomic E-state index is 6.43. The molecule has 0 aliphatic rings. The fourth-order valence-corrected chi connectivity index (χ4v) is 2.75. The molecule has 1 aromatic carbocycles. The molecule has 2 aromatic rings. The highest BCUT2D eigenvalue weighted by atomic mass is 15.1. The minimum atomic E-state index is 0.827. The largest absolute Gasteiger partial charge is 0.383 e. The fraction of sp³-hybridized carbons (Fsp3) is 0.500. The summed E-state index contributed by atoms with van der Waals surface area (Å²) < 4.78 is 2.22. The van der Waals surface area contributed by atoms with Gasteiger partial charge < -0.3 is 10.3 Å². The van der Waals surface area contributed by atoms with E-state index in [0.717, 1.165) is 49.6 Å². The molecule has 2 N–H and O–H groups in total. The Hall–Kier alpha value is -1.77. The van der Waals surface area contributed by atoms with E-state index >= 15 is 0 Å². The average Bonchev–Trinajstić information content (AvgIpc) is 2.81. The zero-order valence-electron chi connectivity index (χ0n) is 13.5. The lowest BCUT2D eigenvalue weighted by atomic mass is 10.0. The maximum atomic E-state index is 6.43. The Balaban J connectivity index is 2.48. The number of nitrogen functional groups attached to an aromatic ring is 1. The summed E-state index contributed by atoms with van der Waals surface area (Å²) in [4.78, 5) is 4.87. The molecule has 0 atom stereocenters. The lowest BCUT2D eigenvalue weighted by molar-refractivity contribution is 0.604. The highest BCUT2D eigenvalue weighted by Gasteiger charge is 2.17. The van der Waals surface area contributed by atoms with E-state index in [1.54, 1.807) is 0 Å². The highest BCUT2D eigenvalue weighted by molar-refractivity contribution is 5.73. The molecule has 1 aromatic heterocycles. The van der Waals surface area contributed by atoms with Crippen LogP contribution >= 0.6 is 0 Å². The van der Waals surface area contributed by atoms with Crippen LogP contribution in [0.15, 0.2) is 24.3 Å². The number of hydrogen-bond acceptors (Lipinski definition) is 2. The van der Waals surface area contributed by atoms with Gasteiger partial charge in [-0.2, -0.15) is 0 Å². The zero-order chi connectivity index (χ0) is 15.2. The van der Waals surface area contributed by atoms with Crippen molar-refractivity contribution < 1.29 is 0 Å². The van der Waals surface area contributed by atoms with Crippen LogP contribution in [-0.4, -0.2) is 9.55 Å². The van der Waals surface area contributed by atoms with Gasteiger partial charge in [0.1, 0.15) is 17.3 Å². The van der Waals surface area contributed by atoms with Crippen LogP contribution in [0, 0.1) is 0 Å². The first kappa shape index (κ1) is 15.6. The number of aryl methyl sites for hydroxylation is 2. The molecule has 0 fully saturated rings. The Morgan fingerprint density at radius 3 is 2.52 bits per heavy atom. The SMILES string of the molecule is CCCCn1c(CCC)nc(-c2ccccc2CC)c1N. The molecule has 21 heavy (non-hydrogen) atoms. The number of benzene rings is 1. The van der Waals surface area contributed by atoms with Crippen molar-refractivity contribution in [3.05, 3.63) is 35.7 Å². The van der Waals surface area contributed by atoms with E-state index in [0.29, 0.717) is 0 Å². The van der Waals surface area contributed by atoms with E-state index in [1.807, 2.05) is 0 Å². The molecule has 1 heterocycles. The third-order valence-electron chi connectivity index (χ3n) is 3.95. The third-order valence-corrected chi connectivity index (χ3v) is 3.95. The van der Waals surface area contributed by atoms with Crippen molar-refractivity contribution in [1.29, 1.82) is 0 Å². The fourth-order valence-electron chi connectivity index (χ4n) is 2.75. The minimum absolute atomic E-state index is 0.827. The van der Waals surface area contributed by atoms with Gasteiger partial charge >= 0.3 is 0 Å². The molecule has 2 rings (SSSR count). The molecule has 3 nitrogen and oxygen atoms in total. The predicted molar refractivity (Wildman–Crippen MR) is 90.4 cm³/mol. The summed E-state index contributed by atoms with van der Waals surface area (Å²) in [6.45, 7) is 7.55. The first-order valence-corrected chi connectivity index (χ1v) is 8.16. The first-order chi connectivity index (χ1) is 10.2. The van der Waals surface area contributed by atoms with Crippen LogP contribution in [0.5, 0.6) is 0 Å². The van der Waals surface area contributed by atoms with Crippen molar-refractivity contribution in [3.63, 3.8) is 0 Å². The second kappa shape index (κ2) is 7.30. The molecule has 3 heteroatoms. The lowest BCUT2D eigenvalue weighted by Gasteiger charge is -2.09. The molecule has 0 unspecified atom stereocenters. The smallest absolute Gasteiger partial charge is 0.131 e. The average molecular weight is 285 g/mol. The van der Waals surface area contributed by atoms with Gasteiger partial charge in [0, 0.05) is 18.5 Å². The summed E-state index contributed by atoms with van der Waals surface area (Å²) in [5.41, 5.74) is 9.89. The maximum Gasteiger partial charge on any atom is 0.131 e. The molecule has 0 radical (unpaired) electrons. The Morgan fingerprint density at radius 1 is 1.10 bits per heavy atom. The van der Waals surface area contributed by atoms with E-state index in [9.17, 15) is 0 Å². The lowest BCUT2D eigenvalue weighted by Crippen LogP contribution is -2.07. The van der Waals surface area contributed by atoms with Gasteiger partial charge in [-0.25, -0.2) is 4.98 Å². The van der Waals surface area contributed by atoms with Crippen molar-refractivity contribution >= 4 is 5.82 Å². The highest BCUT2D eigenvalue weighted by Crippen LogP contribution is 2.30. The van der Waals surface area contributed by atoms with Gasteiger partial charge in [-0.05, 0) is 24.8 Å². The second-order valence-corrected chi connectivity index (χ2v) is 5.53. The van der Waals surface area contributed by atoms with E-state index in [2.05, 4.69) is 49.6 Å². The van der Waals surface area contributed by atoms with Crippen LogP contribution in [0.1, 0.15) is 51.4 Å². The Labute approximate surface area is 128 Å². The van der Waals surface area contributed by atoms with Crippen LogP contribution in [0.2, 0.25) is 0 Å². The zero-order valence-corrected chi connectivity index (χ0v) is 13.5. The van der Waals surface area contributed by atoms with Crippen LogP contribution < -0.4 is 5.73 Å². The monoisotopic (exact) mass is 285 g/mol. The molecule has 0 aliphatic carbocycles. The predicted octanol–water partition coefficient (Wildman–Crippen LogP) is 4.45. The van der Waals surface area contributed by atoms with Gasteiger partial charge in [0.05, 0.1) is 0 Å². The van der Waals surface area contributed by atoms with Crippen LogP contribution in [0.25, 0.3) is 11.3 Å². The molecular weight excluding hydrogens is 258 g/mol. The molecule has 0 saturated heterocycles. The van der Waals surface area contributed by atoms with E-state index in [4.69, 9.17) is 10.7 Å². The number of imidazole rings is 1. The topological polar surface area (TPSA) is 43.8 Å². The molecule has 0 spiro atoms. The Kier molecular flexibility index (Phi) is 5.43. The summed E-state index contributed by atoms with van der Waals surface area (Å²) >= 11 is 0. The third kappa shape index (κ3) is 3.29. The standard InChI is InChI=1S/C18H27N3/c1-4-7-13-21-16(10-5-2)20-17(18(21)19)15-12-9-8-11-14(15)6-3/h8-9,11-12H,4-7,10,13,19H2,1-3H3. The van der Waals surface area contributed by atoms with Gasteiger partial charge in [-0.15, -0.1) is 0 Å². The van der Waals surface area contributed by atoms with E-state index in [-0.39, 0.29) is 0 Å². The molecule has 0 aliphatic heterocycles. The quantitative estimate of drug-likeness (QED) is 0.817. The van der Waals surface area contributed by atoms with Crippen molar-refractivity contribution in [3.8, 4) is 11.3 Å². The minimum Gasteiger partial charge on any atom is -0.383 e. The number of nitrogens with two attached hydrogens (primary N) is 1. The second-order valence-electron chi connectivity index (χ2n) is 5.53. The van der Waals surface area contributed by atoms with Gasteiger partial charge in [-0.1, -0.05) is 51.5 Å². The number of rotatable bonds is 7. The summed E-state index contributed by atoms with van der Waals surface area (Å²) in [6, 6.07) is 8.45. The number of hydrogen-bond donors (Lipinski definition) is 1. The molecule has 0 bridgehead atoms. The van der Waals surface area contributed by atoms with Crippen LogP contribution in [-0.2, 0) is 19.4 Å². The van der Waals surface area contributed by atoms with Crippen molar-refractivity contribution in [2.24, 2.45) is 0 Å². The van der Waals surface area contributed by atoms with Crippen LogP contribution in [0.3, 0.4) is 0 Å². The summed E-state index contributed by atoms with van der Waals surface area (Å²) in [5.74, 6) is 1.96.